The topological polar surface area (TPSA) is 57.9 Å². The molecule has 0 bridgehead atoms. The summed E-state index contributed by atoms with van der Waals surface area (Å²) in [5.41, 5.74) is 3.11. The lowest BCUT2D eigenvalue weighted by Gasteiger charge is -2.21. The molecule has 2 aromatic heterocycles. The minimum absolute atomic E-state index is 0.0584. The van der Waals surface area contributed by atoms with Crippen LogP contribution in [0.3, 0.4) is 0 Å². The van der Waals surface area contributed by atoms with Crippen molar-refractivity contribution in [3.8, 4) is 0 Å². The van der Waals surface area contributed by atoms with E-state index in [-0.39, 0.29) is 17.9 Å². The summed E-state index contributed by atoms with van der Waals surface area (Å²) in [7, 11) is 0. The van der Waals surface area contributed by atoms with Gasteiger partial charge in [0.1, 0.15) is 0 Å². The number of hydrogen-bond donors (Lipinski definition) is 0. The zero-order valence-electron chi connectivity index (χ0n) is 15.8. The van der Waals surface area contributed by atoms with E-state index in [0.717, 1.165) is 38.0 Å². The number of likely N-dealkylation sites (tertiary alicyclic amines) is 1. The van der Waals surface area contributed by atoms with Crippen molar-refractivity contribution in [1.82, 2.24) is 14.3 Å². The van der Waals surface area contributed by atoms with Gasteiger partial charge in [-0.3, -0.25) is 14.0 Å². The van der Waals surface area contributed by atoms with Gasteiger partial charge in [0.05, 0.1) is 5.52 Å². The van der Waals surface area contributed by atoms with Gasteiger partial charge in [0.25, 0.3) is 11.8 Å². The Morgan fingerprint density at radius 3 is 2.57 bits per heavy atom. The van der Waals surface area contributed by atoms with Crippen LogP contribution in [0.1, 0.15) is 46.4 Å². The van der Waals surface area contributed by atoms with E-state index >= 15 is 0 Å². The molecular formula is C22H22N4O2. The summed E-state index contributed by atoms with van der Waals surface area (Å²) in [6.45, 7) is 3.55. The summed E-state index contributed by atoms with van der Waals surface area (Å²) >= 11 is 0. The number of fused-ring (bicyclic) bond motifs is 2. The molecule has 2 amide bonds. The summed E-state index contributed by atoms with van der Waals surface area (Å²) < 4.78 is 1.75. The fourth-order valence-corrected chi connectivity index (χ4v) is 4.40. The van der Waals surface area contributed by atoms with Crippen molar-refractivity contribution in [3.05, 3.63) is 65.7 Å². The van der Waals surface area contributed by atoms with Gasteiger partial charge in [-0.25, -0.2) is 4.98 Å². The summed E-state index contributed by atoms with van der Waals surface area (Å²) in [4.78, 5) is 34.7. The van der Waals surface area contributed by atoms with Crippen LogP contribution in [0.5, 0.6) is 0 Å². The summed E-state index contributed by atoms with van der Waals surface area (Å²) in [6, 6.07) is 13.6. The van der Waals surface area contributed by atoms with E-state index in [9.17, 15) is 9.59 Å². The number of carbonyl (C=O) groups is 2. The quantitative estimate of drug-likeness (QED) is 0.692. The number of aromatic nitrogens is 2. The highest BCUT2D eigenvalue weighted by molar-refractivity contribution is 6.11. The van der Waals surface area contributed by atoms with Crippen molar-refractivity contribution >= 4 is 23.0 Å². The molecule has 1 aromatic carbocycles. The molecule has 4 heterocycles. The van der Waals surface area contributed by atoms with Gasteiger partial charge >= 0.3 is 0 Å². The van der Waals surface area contributed by atoms with E-state index in [1.54, 1.807) is 4.40 Å². The summed E-state index contributed by atoms with van der Waals surface area (Å²) in [6.07, 6.45) is 4.67. The minimum atomic E-state index is -0.151. The van der Waals surface area contributed by atoms with Gasteiger partial charge in [0, 0.05) is 31.0 Å². The predicted octanol–water partition coefficient (Wildman–Crippen LogP) is 3.16. The third-order valence-corrected chi connectivity index (χ3v) is 5.76. The van der Waals surface area contributed by atoms with E-state index in [1.165, 1.54) is 5.56 Å². The lowest BCUT2D eigenvalue weighted by atomic mass is 10.1. The minimum Gasteiger partial charge on any atom is -0.336 e. The van der Waals surface area contributed by atoms with Gasteiger partial charge in [-0.15, -0.1) is 0 Å². The first kappa shape index (κ1) is 17.0. The fraction of sp³-hybridized carbons (Fsp3) is 0.318. The van der Waals surface area contributed by atoms with Crippen molar-refractivity contribution in [2.24, 2.45) is 0 Å². The van der Waals surface area contributed by atoms with Crippen LogP contribution in [0.2, 0.25) is 0 Å². The Hall–Kier alpha value is -3.15. The average Bonchev–Trinajstić information content (AvgIpc) is 3.43. The van der Waals surface area contributed by atoms with Crippen molar-refractivity contribution in [2.75, 3.05) is 18.0 Å². The Morgan fingerprint density at radius 1 is 1.00 bits per heavy atom. The highest BCUT2D eigenvalue weighted by Crippen LogP contribution is 2.33. The van der Waals surface area contributed by atoms with Crippen LogP contribution < -0.4 is 4.90 Å². The molecule has 1 saturated heterocycles. The molecule has 1 unspecified atom stereocenters. The second-order valence-corrected chi connectivity index (χ2v) is 7.60. The molecule has 3 aromatic rings. The Bertz CT molecular complexity index is 1080. The molecule has 0 saturated carbocycles. The number of anilines is 1. The molecule has 2 aliphatic heterocycles. The molecule has 28 heavy (non-hydrogen) atoms. The number of carbonyl (C=O) groups excluding carboxylic acids is 2. The molecular weight excluding hydrogens is 352 g/mol. The first-order chi connectivity index (χ1) is 13.6. The SMILES string of the molecule is CC1Cc2ccccc2N1C(=O)c1nc(C(=O)N2CCCC2)n2ccccc12. The molecule has 0 aliphatic carbocycles. The molecule has 6 nitrogen and oxygen atoms in total. The van der Waals surface area contributed by atoms with Gasteiger partial charge in [-0.05, 0) is 49.9 Å². The van der Waals surface area contributed by atoms with Gasteiger partial charge in [-0.2, -0.15) is 0 Å². The van der Waals surface area contributed by atoms with E-state index in [0.29, 0.717) is 17.0 Å². The zero-order valence-corrected chi connectivity index (χ0v) is 15.8. The van der Waals surface area contributed by atoms with Gasteiger partial charge in [0.15, 0.2) is 5.69 Å². The first-order valence-corrected chi connectivity index (χ1v) is 9.83. The largest absolute Gasteiger partial charge is 0.336 e. The number of hydrogen-bond acceptors (Lipinski definition) is 3. The number of benzene rings is 1. The molecule has 5 rings (SSSR count). The summed E-state index contributed by atoms with van der Waals surface area (Å²) in [5, 5.41) is 0. The smallest absolute Gasteiger partial charge is 0.290 e. The van der Waals surface area contributed by atoms with Crippen LogP contribution in [0.15, 0.2) is 48.7 Å². The highest BCUT2D eigenvalue weighted by atomic mass is 16.2. The predicted molar refractivity (Wildman–Crippen MR) is 107 cm³/mol. The number of nitrogens with zero attached hydrogens (tertiary/aromatic N) is 4. The number of imidazole rings is 1. The Morgan fingerprint density at radius 2 is 1.75 bits per heavy atom. The molecule has 2 aliphatic rings. The lowest BCUT2D eigenvalue weighted by Crippen LogP contribution is -2.36. The maximum atomic E-state index is 13.5. The third kappa shape index (κ3) is 2.52. The Kier molecular flexibility index (Phi) is 3.93. The second kappa shape index (κ2) is 6.48. The van der Waals surface area contributed by atoms with Crippen molar-refractivity contribution < 1.29 is 9.59 Å². The van der Waals surface area contributed by atoms with Crippen LogP contribution in [0, 0.1) is 0 Å². The van der Waals surface area contributed by atoms with Crippen LogP contribution in [-0.2, 0) is 6.42 Å². The van der Waals surface area contributed by atoms with Crippen LogP contribution in [-0.4, -0.2) is 45.2 Å². The fourth-order valence-electron chi connectivity index (χ4n) is 4.40. The Labute approximate surface area is 163 Å². The van der Waals surface area contributed by atoms with E-state index in [1.807, 2.05) is 59.3 Å². The maximum absolute atomic E-state index is 13.5. The first-order valence-electron chi connectivity index (χ1n) is 9.83. The Balaban J connectivity index is 1.60. The number of rotatable bonds is 2. The van der Waals surface area contributed by atoms with E-state index < -0.39 is 0 Å². The van der Waals surface area contributed by atoms with E-state index in [2.05, 4.69) is 11.1 Å². The standard InChI is InChI=1S/C22H22N4O2/c1-15-14-16-8-2-3-9-17(16)26(15)21(27)19-18-10-4-5-13-25(18)20(23-19)22(28)24-11-6-7-12-24/h2-5,8-10,13,15H,6-7,11-12,14H2,1H3. The van der Waals surface area contributed by atoms with Gasteiger partial charge in [0.2, 0.25) is 5.82 Å². The highest BCUT2D eigenvalue weighted by Gasteiger charge is 2.34. The molecule has 6 heteroatoms. The molecule has 0 N–H and O–H groups in total. The molecule has 142 valence electrons. The molecule has 1 fully saturated rings. The third-order valence-electron chi connectivity index (χ3n) is 5.76. The lowest BCUT2D eigenvalue weighted by molar-refractivity contribution is 0.0780. The number of amides is 2. The van der Waals surface area contributed by atoms with E-state index in [4.69, 9.17) is 0 Å². The molecule has 0 radical (unpaired) electrons. The number of para-hydroxylation sites is 1. The average molecular weight is 374 g/mol. The van der Waals surface area contributed by atoms with Crippen LogP contribution >= 0.6 is 0 Å². The van der Waals surface area contributed by atoms with Crippen molar-refractivity contribution in [3.63, 3.8) is 0 Å². The monoisotopic (exact) mass is 374 g/mol. The second-order valence-electron chi connectivity index (χ2n) is 7.60. The molecule has 1 atom stereocenters. The van der Waals surface area contributed by atoms with Crippen molar-refractivity contribution in [2.45, 2.75) is 32.2 Å². The van der Waals surface area contributed by atoms with Gasteiger partial charge in [-0.1, -0.05) is 24.3 Å². The van der Waals surface area contributed by atoms with Crippen LogP contribution in [0.25, 0.3) is 5.52 Å². The van der Waals surface area contributed by atoms with Crippen molar-refractivity contribution in [1.29, 1.82) is 0 Å². The zero-order chi connectivity index (χ0) is 19.3. The number of pyridine rings is 1. The van der Waals surface area contributed by atoms with Crippen LogP contribution in [0.4, 0.5) is 5.69 Å². The summed E-state index contributed by atoms with van der Waals surface area (Å²) in [5.74, 6) is 0.0650. The maximum Gasteiger partial charge on any atom is 0.290 e. The molecule has 0 spiro atoms. The van der Waals surface area contributed by atoms with Gasteiger partial charge < -0.3 is 9.80 Å². The normalized spacial score (nSPS) is 18.7.